The third-order valence-electron chi connectivity index (χ3n) is 9.74. The van der Waals surface area contributed by atoms with E-state index in [1.165, 1.54) is 32.9 Å². The fraction of sp³-hybridized carbons (Fsp3) is 0.586. The largest absolute Gasteiger partial charge is 0.455 e. The summed E-state index contributed by atoms with van der Waals surface area (Å²) in [4.78, 5) is 54.1. The summed E-state index contributed by atoms with van der Waals surface area (Å²) in [5.74, 6) is -4.86. The molecule has 10 nitrogen and oxygen atoms in total. The van der Waals surface area contributed by atoms with Crippen molar-refractivity contribution in [3.05, 3.63) is 47.0 Å². The average molecular weight is 543 g/mol. The molecule has 2 bridgehead atoms. The quantitative estimate of drug-likeness (QED) is 0.376. The predicted octanol–water partition coefficient (Wildman–Crippen LogP) is 1.29. The van der Waals surface area contributed by atoms with Crippen molar-refractivity contribution in [3.8, 4) is 0 Å². The molecule has 3 aliphatic carbocycles. The number of Topliss-reactive ketones (excluding diaryl/α,β-unsaturated/α-hetero) is 2. The van der Waals surface area contributed by atoms with Crippen LogP contribution in [-0.4, -0.2) is 81.0 Å². The van der Waals surface area contributed by atoms with Crippen LogP contribution in [0.2, 0.25) is 0 Å². The second kappa shape index (κ2) is 8.79. The molecule has 10 heteroatoms. The molecular formula is C29H34O10. The van der Waals surface area contributed by atoms with E-state index in [4.69, 9.17) is 14.2 Å². The molecule has 0 unspecified atom stereocenters. The minimum atomic E-state index is -2.13. The number of benzene rings is 1. The Morgan fingerprint density at radius 2 is 1.72 bits per heavy atom. The van der Waals surface area contributed by atoms with Gasteiger partial charge in [-0.15, -0.1) is 0 Å². The summed E-state index contributed by atoms with van der Waals surface area (Å²) < 4.78 is 17.6. The Kier molecular flexibility index (Phi) is 6.23. The lowest BCUT2D eigenvalue weighted by Crippen LogP contribution is -2.81. The molecule has 8 atom stereocenters. The first-order chi connectivity index (χ1) is 18.1. The molecule has 1 saturated heterocycles. The first kappa shape index (κ1) is 27.6. The van der Waals surface area contributed by atoms with Gasteiger partial charge in [-0.25, -0.2) is 4.79 Å². The van der Waals surface area contributed by atoms with Crippen LogP contribution in [0.4, 0.5) is 0 Å². The molecule has 0 aromatic heterocycles. The molecule has 1 aromatic rings. The van der Waals surface area contributed by atoms with Gasteiger partial charge >= 0.3 is 11.9 Å². The third kappa shape index (κ3) is 3.54. The van der Waals surface area contributed by atoms with Gasteiger partial charge in [0, 0.05) is 30.8 Å². The Labute approximate surface area is 225 Å². The van der Waals surface area contributed by atoms with Gasteiger partial charge in [-0.3, -0.25) is 14.4 Å². The molecule has 0 amide bonds. The van der Waals surface area contributed by atoms with Crippen LogP contribution in [0.1, 0.15) is 57.8 Å². The van der Waals surface area contributed by atoms with Gasteiger partial charge in [0.15, 0.2) is 5.60 Å². The number of esters is 2. The summed E-state index contributed by atoms with van der Waals surface area (Å²) >= 11 is 0. The van der Waals surface area contributed by atoms with Crippen LogP contribution in [-0.2, 0) is 28.6 Å². The van der Waals surface area contributed by atoms with E-state index in [1.54, 1.807) is 32.0 Å². The van der Waals surface area contributed by atoms with E-state index in [1.807, 2.05) is 0 Å². The highest BCUT2D eigenvalue weighted by atomic mass is 16.6. The molecule has 210 valence electrons. The molecule has 3 fully saturated rings. The Balaban J connectivity index is 1.82. The number of aliphatic hydroxyl groups is 3. The van der Waals surface area contributed by atoms with E-state index in [2.05, 4.69) is 0 Å². The van der Waals surface area contributed by atoms with E-state index >= 15 is 0 Å². The van der Waals surface area contributed by atoms with Crippen LogP contribution in [0, 0.1) is 16.7 Å². The second-order valence-corrected chi connectivity index (χ2v) is 12.0. The van der Waals surface area contributed by atoms with Crippen LogP contribution < -0.4 is 0 Å². The van der Waals surface area contributed by atoms with E-state index in [0.29, 0.717) is 0 Å². The van der Waals surface area contributed by atoms with Gasteiger partial charge < -0.3 is 29.5 Å². The van der Waals surface area contributed by atoms with Crippen molar-refractivity contribution >= 4 is 23.5 Å². The molecule has 0 radical (unpaired) electrons. The monoisotopic (exact) mass is 542 g/mol. The lowest BCUT2D eigenvalue weighted by atomic mass is 9.45. The number of hydrogen-bond acceptors (Lipinski definition) is 10. The summed E-state index contributed by atoms with van der Waals surface area (Å²) in [6.45, 7) is 7.00. The highest BCUT2D eigenvalue weighted by Crippen LogP contribution is 2.63. The lowest BCUT2D eigenvalue weighted by Gasteiger charge is -2.66. The fourth-order valence-electron chi connectivity index (χ4n) is 7.45. The Morgan fingerprint density at radius 1 is 1.08 bits per heavy atom. The maximum Gasteiger partial charge on any atom is 0.338 e. The van der Waals surface area contributed by atoms with Crippen molar-refractivity contribution in [1.29, 1.82) is 0 Å². The highest BCUT2D eigenvalue weighted by molar-refractivity contribution is 6.46. The zero-order valence-electron chi connectivity index (χ0n) is 22.6. The molecular weight excluding hydrogens is 508 g/mol. The fourth-order valence-corrected chi connectivity index (χ4v) is 7.45. The summed E-state index contributed by atoms with van der Waals surface area (Å²) in [6, 6.07) is 8.02. The van der Waals surface area contributed by atoms with Gasteiger partial charge in [-0.2, -0.15) is 0 Å². The van der Waals surface area contributed by atoms with Gasteiger partial charge in [0.25, 0.3) is 0 Å². The number of aliphatic hydroxyl groups excluding tert-OH is 2. The number of hydrogen-bond donors (Lipinski definition) is 3. The predicted molar refractivity (Wildman–Crippen MR) is 134 cm³/mol. The molecule has 1 aliphatic heterocycles. The van der Waals surface area contributed by atoms with Crippen LogP contribution in [0.3, 0.4) is 0 Å². The highest BCUT2D eigenvalue weighted by Gasteiger charge is 2.78. The molecule has 39 heavy (non-hydrogen) atoms. The Bertz CT molecular complexity index is 1280. The first-order valence-corrected chi connectivity index (χ1v) is 13.1. The van der Waals surface area contributed by atoms with Crippen molar-refractivity contribution in [3.63, 3.8) is 0 Å². The summed E-state index contributed by atoms with van der Waals surface area (Å²) in [6.07, 6.45) is -5.74. The van der Waals surface area contributed by atoms with Gasteiger partial charge in [0.05, 0.1) is 35.7 Å². The topological polar surface area (TPSA) is 157 Å². The number of ether oxygens (including phenoxy) is 3. The van der Waals surface area contributed by atoms with Crippen LogP contribution in [0.25, 0.3) is 0 Å². The van der Waals surface area contributed by atoms with Crippen molar-refractivity contribution in [2.45, 2.75) is 83.1 Å². The number of ketones is 2. The average Bonchev–Trinajstić information content (AvgIpc) is 2.87. The lowest BCUT2D eigenvalue weighted by molar-refractivity contribution is -0.343. The van der Waals surface area contributed by atoms with Crippen molar-refractivity contribution in [1.82, 2.24) is 0 Å². The number of carbonyl (C=O) groups excluding carboxylic acids is 4. The zero-order chi connectivity index (χ0) is 28.7. The summed E-state index contributed by atoms with van der Waals surface area (Å²) in [5.41, 5.74) is -6.86. The van der Waals surface area contributed by atoms with Crippen LogP contribution in [0.15, 0.2) is 41.5 Å². The standard InChI is InChI=1S/C29H34O10/c1-14-17(31)12-29(36)24(38-25(35)16-9-7-6-8-10-16)22-27(5,23(34)21(33)20(14)26(29,3)4)18(32)11-19-28(22,13-37-19)39-15(2)30/h6-10,17-19,22,24,31-32,36H,11-13H2,1-5H3/t17-,18+,19+,22+,24-,27+,28-,29+/m0/s1. The maximum atomic E-state index is 14.2. The minimum Gasteiger partial charge on any atom is -0.455 e. The third-order valence-corrected chi connectivity index (χ3v) is 9.74. The molecule has 3 N–H and O–H groups in total. The molecule has 1 heterocycles. The molecule has 2 saturated carbocycles. The number of carbonyl (C=O) groups is 4. The molecule has 0 spiro atoms. The number of rotatable bonds is 3. The Morgan fingerprint density at radius 3 is 2.28 bits per heavy atom. The van der Waals surface area contributed by atoms with Crippen molar-refractivity contribution in [2.24, 2.45) is 16.7 Å². The van der Waals surface area contributed by atoms with Crippen molar-refractivity contribution < 1.29 is 48.7 Å². The zero-order valence-corrected chi connectivity index (χ0v) is 22.6. The first-order valence-electron chi connectivity index (χ1n) is 13.1. The number of fused-ring (bicyclic) bond motifs is 5. The molecule has 1 aromatic carbocycles. The molecule has 4 aliphatic rings. The van der Waals surface area contributed by atoms with E-state index in [0.717, 1.165) is 0 Å². The van der Waals surface area contributed by atoms with Gasteiger partial charge in [-0.05, 0) is 31.6 Å². The summed E-state index contributed by atoms with van der Waals surface area (Å²) in [7, 11) is 0. The normalized spacial score (nSPS) is 40.9. The van der Waals surface area contributed by atoms with Crippen LogP contribution in [0.5, 0.6) is 0 Å². The minimum absolute atomic E-state index is 0.0881. The van der Waals surface area contributed by atoms with Crippen molar-refractivity contribution in [2.75, 3.05) is 6.61 Å². The molecule has 5 rings (SSSR count). The van der Waals surface area contributed by atoms with Gasteiger partial charge in [-0.1, -0.05) is 32.0 Å². The summed E-state index contributed by atoms with van der Waals surface area (Å²) in [5, 5.41) is 35.1. The maximum absolute atomic E-state index is 14.2. The van der Waals surface area contributed by atoms with E-state index < -0.39 is 75.9 Å². The second-order valence-electron chi connectivity index (χ2n) is 12.0. The Hall–Kier alpha value is -2.92. The van der Waals surface area contributed by atoms with E-state index in [9.17, 15) is 34.5 Å². The van der Waals surface area contributed by atoms with Crippen LogP contribution >= 0.6 is 0 Å². The van der Waals surface area contributed by atoms with E-state index in [-0.39, 0.29) is 36.2 Å². The van der Waals surface area contributed by atoms with Gasteiger partial charge in [0.2, 0.25) is 11.6 Å². The SMILES string of the molecule is CC(=O)O[C@@]12CO[C@@H]1C[C@@H](O)[C@@]1(C)C(=O)C(=O)C3=C(C)[C@@H](O)C[C@@](O)([C@@H](OC(=O)c4ccccc4)[C@@H]21)C3(C)C. The smallest absolute Gasteiger partial charge is 0.338 e. The van der Waals surface area contributed by atoms with Gasteiger partial charge in [0.1, 0.15) is 17.8 Å².